The third-order valence-electron chi connectivity index (χ3n) is 8.95. The summed E-state index contributed by atoms with van der Waals surface area (Å²) in [6.07, 6.45) is 3.49. The molecule has 1 aliphatic rings. The molecular formula is C34H39ClF3N4O3S2+. The van der Waals surface area contributed by atoms with Crippen LogP contribution in [0.5, 0.6) is 5.75 Å². The van der Waals surface area contributed by atoms with Gasteiger partial charge in [0.15, 0.2) is 16.7 Å². The van der Waals surface area contributed by atoms with Crippen LogP contribution in [0.15, 0.2) is 70.8 Å². The van der Waals surface area contributed by atoms with Gasteiger partial charge in [-0.25, -0.2) is 31.3 Å². The molecule has 5 rings (SSSR count). The van der Waals surface area contributed by atoms with E-state index in [2.05, 4.69) is 23.8 Å². The molecule has 0 bridgehead atoms. The number of thioether (sulfide) groups is 1. The molecule has 0 saturated carbocycles. The van der Waals surface area contributed by atoms with Gasteiger partial charge in [-0.1, -0.05) is 43.3 Å². The van der Waals surface area contributed by atoms with Crippen molar-refractivity contribution >= 4 is 33.4 Å². The van der Waals surface area contributed by atoms with Crippen LogP contribution in [0.3, 0.4) is 0 Å². The zero-order valence-electron chi connectivity index (χ0n) is 27.0. The number of likely N-dealkylation sites (tertiary alicyclic amines) is 1. The van der Waals surface area contributed by atoms with E-state index in [-0.39, 0.29) is 39.4 Å². The Morgan fingerprint density at radius 2 is 1.72 bits per heavy atom. The minimum Gasteiger partial charge on any atom is -0.494 e. The number of hydrogen-bond donors (Lipinski definition) is 1. The van der Waals surface area contributed by atoms with Crippen LogP contribution in [-0.4, -0.2) is 63.3 Å². The fraction of sp³-hybridized carbons (Fsp3) is 0.382. The molecule has 0 atom stereocenters. The second kappa shape index (κ2) is 13.8. The summed E-state index contributed by atoms with van der Waals surface area (Å²) in [4.78, 5) is 4.40. The zero-order chi connectivity index (χ0) is 34.1. The number of hydrogen-bond acceptors (Lipinski definition) is 5. The molecule has 1 fully saturated rings. The first-order valence-electron chi connectivity index (χ1n) is 15.2. The van der Waals surface area contributed by atoms with Gasteiger partial charge < -0.3 is 9.22 Å². The summed E-state index contributed by atoms with van der Waals surface area (Å²) in [6.45, 7) is 6.12. The third-order valence-corrected chi connectivity index (χ3v) is 11.7. The molecule has 0 radical (unpaired) electrons. The van der Waals surface area contributed by atoms with Gasteiger partial charge in [0.2, 0.25) is 10.0 Å². The van der Waals surface area contributed by atoms with Crippen molar-refractivity contribution in [3.05, 3.63) is 100 Å². The van der Waals surface area contributed by atoms with E-state index in [9.17, 15) is 17.2 Å². The molecule has 2 heterocycles. The summed E-state index contributed by atoms with van der Waals surface area (Å²) in [5.74, 6) is -1.29. The van der Waals surface area contributed by atoms with Gasteiger partial charge in [0.1, 0.15) is 11.6 Å². The monoisotopic (exact) mass is 707 g/mol. The van der Waals surface area contributed by atoms with Crippen molar-refractivity contribution in [3.63, 3.8) is 0 Å². The van der Waals surface area contributed by atoms with Crippen LogP contribution in [0.4, 0.5) is 13.2 Å². The summed E-state index contributed by atoms with van der Waals surface area (Å²) in [5.41, 5.74) is 1.48. The van der Waals surface area contributed by atoms with E-state index in [0.717, 1.165) is 42.0 Å². The molecule has 13 heteroatoms. The number of halogens is 4. The number of methoxy groups -OCH3 is 1. The fourth-order valence-electron chi connectivity index (χ4n) is 5.76. The SMILES string of the molecule is COc1cc(C(C)(C)c2cnc(SCc3c(F)cc(S(=O)(=O)NCC4CC[N+](C)(C)CC4)cc3Cl)n2-c2ccc(F)cc2)ccc1F. The largest absolute Gasteiger partial charge is 0.494 e. The summed E-state index contributed by atoms with van der Waals surface area (Å²) in [5, 5.41) is 0.449. The number of benzene rings is 3. The van der Waals surface area contributed by atoms with Gasteiger partial charge in [0, 0.05) is 46.8 Å². The number of imidazole rings is 1. The molecule has 7 nitrogen and oxygen atoms in total. The molecule has 1 aromatic heterocycles. The molecular weight excluding hydrogens is 669 g/mol. The molecule has 0 spiro atoms. The second-order valence-electron chi connectivity index (χ2n) is 13.0. The Balaban J connectivity index is 1.40. The minimum atomic E-state index is -3.98. The predicted octanol–water partition coefficient (Wildman–Crippen LogP) is 7.33. The number of rotatable bonds is 11. The van der Waals surface area contributed by atoms with Crippen LogP contribution >= 0.6 is 23.4 Å². The molecule has 0 aliphatic carbocycles. The molecule has 252 valence electrons. The summed E-state index contributed by atoms with van der Waals surface area (Å²) in [7, 11) is 1.74. The average Bonchev–Trinajstić information content (AvgIpc) is 3.45. The molecule has 1 saturated heterocycles. The van der Waals surface area contributed by atoms with Crippen molar-refractivity contribution in [1.29, 1.82) is 0 Å². The van der Waals surface area contributed by atoms with Gasteiger partial charge in [-0.15, -0.1) is 0 Å². The number of nitrogens with one attached hydrogen (secondary N) is 1. The summed E-state index contributed by atoms with van der Waals surface area (Å²) >= 11 is 7.70. The molecule has 1 N–H and O–H groups in total. The molecule has 3 aromatic carbocycles. The Labute approximate surface area is 283 Å². The smallest absolute Gasteiger partial charge is 0.240 e. The molecule has 1 aliphatic heterocycles. The molecule has 0 amide bonds. The maximum atomic E-state index is 15.5. The summed E-state index contributed by atoms with van der Waals surface area (Å²) in [6, 6.07) is 12.8. The van der Waals surface area contributed by atoms with Gasteiger partial charge in [-0.3, -0.25) is 4.57 Å². The summed E-state index contributed by atoms with van der Waals surface area (Å²) < 4.78 is 80.4. The maximum Gasteiger partial charge on any atom is 0.240 e. The van der Waals surface area contributed by atoms with Crippen molar-refractivity contribution < 1.29 is 30.8 Å². The maximum absolute atomic E-state index is 15.5. The van der Waals surface area contributed by atoms with Gasteiger partial charge in [-0.05, 0) is 60.0 Å². The Hall–Kier alpha value is -3.03. The number of nitrogens with zero attached hydrogens (tertiary/aromatic N) is 3. The van der Waals surface area contributed by atoms with Gasteiger partial charge in [0.05, 0.1) is 51.1 Å². The Bertz CT molecular complexity index is 1830. The van der Waals surface area contributed by atoms with E-state index in [0.29, 0.717) is 16.5 Å². The number of aromatic nitrogens is 2. The van der Waals surface area contributed by atoms with E-state index in [1.54, 1.807) is 30.5 Å². The lowest BCUT2D eigenvalue weighted by Crippen LogP contribution is -2.47. The number of ether oxygens (including phenoxy) is 1. The van der Waals surface area contributed by atoms with Gasteiger partial charge in [-0.2, -0.15) is 0 Å². The lowest BCUT2D eigenvalue weighted by atomic mass is 9.81. The number of sulfonamides is 1. The Kier molecular flexibility index (Phi) is 10.4. The second-order valence-corrected chi connectivity index (χ2v) is 16.2. The first-order valence-corrected chi connectivity index (χ1v) is 18.1. The van der Waals surface area contributed by atoms with Gasteiger partial charge >= 0.3 is 0 Å². The molecule has 4 aromatic rings. The first kappa shape index (κ1) is 35.3. The van der Waals surface area contributed by atoms with Crippen molar-refractivity contribution in [3.8, 4) is 11.4 Å². The van der Waals surface area contributed by atoms with Gasteiger partial charge in [0.25, 0.3) is 0 Å². The molecule has 0 unspecified atom stereocenters. The van der Waals surface area contributed by atoms with E-state index in [4.69, 9.17) is 16.3 Å². The normalized spacial score (nSPS) is 15.6. The highest BCUT2D eigenvalue weighted by atomic mass is 35.5. The highest BCUT2D eigenvalue weighted by molar-refractivity contribution is 7.98. The van der Waals surface area contributed by atoms with Crippen LogP contribution in [-0.2, 0) is 21.2 Å². The lowest BCUT2D eigenvalue weighted by molar-refractivity contribution is -0.896. The Morgan fingerprint density at radius 1 is 1.04 bits per heavy atom. The van der Waals surface area contributed by atoms with E-state index >= 15 is 4.39 Å². The highest BCUT2D eigenvalue weighted by Crippen LogP contribution is 2.39. The minimum absolute atomic E-state index is 0.0200. The molecule has 47 heavy (non-hydrogen) atoms. The van der Waals surface area contributed by atoms with E-state index in [1.807, 2.05) is 18.4 Å². The van der Waals surface area contributed by atoms with Crippen molar-refractivity contribution in [2.75, 3.05) is 40.8 Å². The highest BCUT2D eigenvalue weighted by Gasteiger charge is 2.31. The predicted molar refractivity (Wildman–Crippen MR) is 179 cm³/mol. The van der Waals surface area contributed by atoms with E-state index < -0.39 is 32.9 Å². The van der Waals surface area contributed by atoms with Crippen LogP contribution in [0, 0.1) is 23.4 Å². The van der Waals surface area contributed by atoms with Crippen LogP contribution in [0.25, 0.3) is 5.69 Å². The Morgan fingerprint density at radius 3 is 2.36 bits per heavy atom. The quantitative estimate of drug-likeness (QED) is 0.131. The van der Waals surface area contributed by atoms with Crippen molar-refractivity contribution in [2.45, 2.75) is 47.9 Å². The van der Waals surface area contributed by atoms with Crippen LogP contribution in [0.2, 0.25) is 5.02 Å². The fourth-order valence-corrected chi connectivity index (χ4v) is 8.36. The van der Waals surface area contributed by atoms with Crippen LogP contribution < -0.4 is 9.46 Å². The zero-order valence-corrected chi connectivity index (χ0v) is 29.4. The van der Waals surface area contributed by atoms with Crippen molar-refractivity contribution in [2.24, 2.45) is 5.92 Å². The topological polar surface area (TPSA) is 73.2 Å². The number of quaternary nitrogens is 1. The standard InChI is InChI=1S/C34H39ClF3N4O3S2/c1-34(2,23-6-11-29(37)31(16-23)45-5)32-20-39-33(41(32)25-9-7-24(36)8-10-25)46-21-27-28(35)17-26(18-30(27)38)47(43,44)40-19-22-12-14-42(3,4)15-13-22/h6-11,16-18,20,22,40H,12-15,19,21H2,1-5H3/q+1. The lowest BCUT2D eigenvalue weighted by Gasteiger charge is -2.37. The average molecular weight is 708 g/mol. The third kappa shape index (κ3) is 7.83. The number of piperidine rings is 1. The van der Waals surface area contributed by atoms with E-state index in [1.165, 1.54) is 43.1 Å². The van der Waals surface area contributed by atoms with Crippen LogP contribution in [0.1, 0.15) is 43.5 Å². The van der Waals surface area contributed by atoms with Crippen molar-refractivity contribution in [1.82, 2.24) is 14.3 Å². The first-order chi connectivity index (χ1) is 22.1.